The number of H-pyrrole nitrogens is 1. The topological polar surface area (TPSA) is 54.0 Å². The molecule has 1 radical (unpaired) electrons. The van der Waals surface area contributed by atoms with E-state index in [4.69, 9.17) is 4.74 Å². The molecule has 2 aromatic rings. The van der Waals surface area contributed by atoms with Gasteiger partial charge in [-0.3, -0.25) is 10.00 Å². The minimum Gasteiger partial charge on any atom is -0.458 e. The van der Waals surface area contributed by atoms with Crippen LogP contribution < -0.4 is 4.74 Å². The van der Waals surface area contributed by atoms with Crippen LogP contribution in [-0.4, -0.2) is 39.4 Å². The summed E-state index contributed by atoms with van der Waals surface area (Å²) in [4.78, 5) is 6.58. The zero-order valence-electron chi connectivity index (χ0n) is 10.7. The SMILES string of the molecule is [CH2]CN1CCCC1Oc1ccc(-c2ccn[nH]2)cn1. The molecule has 99 valence electrons. The van der Waals surface area contributed by atoms with E-state index >= 15 is 0 Å². The van der Waals surface area contributed by atoms with E-state index in [9.17, 15) is 0 Å². The molecule has 5 nitrogen and oxygen atoms in total. The molecule has 1 atom stereocenters. The number of nitrogens with zero attached hydrogens (tertiary/aromatic N) is 3. The summed E-state index contributed by atoms with van der Waals surface area (Å²) >= 11 is 0. The molecule has 2 aromatic heterocycles. The van der Waals surface area contributed by atoms with Gasteiger partial charge in [-0.05, 0) is 31.9 Å². The number of likely N-dealkylation sites (tertiary alicyclic amines) is 1. The molecular weight excluding hydrogens is 240 g/mol. The molecule has 1 saturated heterocycles. The van der Waals surface area contributed by atoms with Crippen LogP contribution in [0.2, 0.25) is 0 Å². The van der Waals surface area contributed by atoms with Crippen LogP contribution in [-0.2, 0) is 0 Å². The number of nitrogens with one attached hydrogen (secondary N) is 1. The number of hydrogen-bond donors (Lipinski definition) is 1. The molecule has 1 fully saturated rings. The van der Waals surface area contributed by atoms with E-state index in [0.717, 1.165) is 37.2 Å². The quantitative estimate of drug-likeness (QED) is 0.911. The van der Waals surface area contributed by atoms with Gasteiger partial charge in [-0.1, -0.05) is 0 Å². The number of pyridine rings is 1. The van der Waals surface area contributed by atoms with Crippen LogP contribution in [0, 0.1) is 6.92 Å². The predicted octanol–water partition coefficient (Wildman–Crippen LogP) is 2.11. The van der Waals surface area contributed by atoms with Crippen LogP contribution in [0.4, 0.5) is 0 Å². The second-order valence-electron chi connectivity index (χ2n) is 4.61. The highest BCUT2D eigenvalue weighted by atomic mass is 16.5. The lowest BCUT2D eigenvalue weighted by atomic mass is 10.2. The third-order valence-corrected chi connectivity index (χ3v) is 3.40. The third kappa shape index (κ3) is 2.61. The number of aromatic amines is 1. The molecule has 1 aliphatic heterocycles. The molecule has 1 N–H and O–H groups in total. The van der Waals surface area contributed by atoms with Gasteiger partial charge in [0.1, 0.15) is 0 Å². The minimum atomic E-state index is 0.114. The zero-order valence-corrected chi connectivity index (χ0v) is 10.7. The van der Waals surface area contributed by atoms with Crippen molar-refractivity contribution in [3.63, 3.8) is 0 Å². The van der Waals surface area contributed by atoms with Gasteiger partial charge in [-0.2, -0.15) is 5.10 Å². The summed E-state index contributed by atoms with van der Waals surface area (Å²) < 4.78 is 5.90. The minimum absolute atomic E-state index is 0.114. The fourth-order valence-corrected chi connectivity index (χ4v) is 2.35. The highest BCUT2D eigenvalue weighted by molar-refractivity contribution is 5.57. The average Bonchev–Trinajstić information content (AvgIpc) is 3.10. The normalized spacial score (nSPS) is 19.7. The molecule has 1 unspecified atom stereocenters. The number of hydrogen-bond acceptors (Lipinski definition) is 4. The molecule has 0 saturated carbocycles. The molecule has 0 amide bonds. The first-order valence-corrected chi connectivity index (χ1v) is 6.52. The molecule has 0 spiro atoms. The first-order chi connectivity index (χ1) is 9.36. The number of aromatic nitrogens is 3. The molecule has 3 rings (SSSR count). The Kier molecular flexibility index (Phi) is 3.46. The van der Waals surface area contributed by atoms with E-state index in [2.05, 4.69) is 27.0 Å². The van der Waals surface area contributed by atoms with Gasteiger partial charge in [0.05, 0.1) is 5.69 Å². The summed E-state index contributed by atoms with van der Waals surface area (Å²) in [6, 6.07) is 5.80. The zero-order chi connectivity index (χ0) is 13.1. The Labute approximate surface area is 112 Å². The molecule has 19 heavy (non-hydrogen) atoms. The standard InChI is InChI=1S/C14H17N4O/c1-2-18-9-3-4-14(18)19-13-6-5-11(10-15-13)12-7-8-16-17-12/h5-8,10,14H,1-4,9H2,(H,16,17). The lowest BCUT2D eigenvalue weighted by Crippen LogP contribution is -2.33. The second kappa shape index (κ2) is 5.40. The van der Waals surface area contributed by atoms with Gasteiger partial charge in [-0.15, -0.1) is 0 Å². The van der Waals surface area contributed by atoms with Crippen molar-refractivity contribution in [3.05, 3.63) is 37.5 Å². The maximum atomic E-state index is 5.90. The van der Waals surface area contributed by atoms with E-state index in [0.29, 0.717) is 5.88 Å². The van der Waals surface area contributed by atoms with Crippen molar-refractivity contribution in [1.82, 2.24) is 20.1 Å². The third-order valence-electron chi connectivity index (χ3n) is 3.40. The molecule has 0 aromatic carbocycles. The van der Waals surface area contributed by atoms with Gasteiger partial charge in [0.25, 0.3) is 0 Å². The Morgan fingerprint density at radius 2 is 2.37 bits per heavy atom. The summed E-state index contributed by atoms with van der Waals surface area (Å²) in [5, 5.41) is 6.84. The lowest BCUT2D eigenvalue weighted by molar-refractivity contribution is 0.0650. The first kappa shape index (κ1) is 12.2. The molecular formula is C14H17N4O. The van der Waals surface area contributed by atoms with E-state index < -0.39 is 0 Å². The van der Waals surface area contributed by atoms with Gasteiger partial charge in [0.15, 0.2) is 6.23 Å². The van der Waals surface area contributed by atoms with Crippen molar-refractivity contribution in [2.45, 2.75) is 19.1 Å². The van der Waals surface area contributed by atoms with Crippen molar-refractivity contribution in [3.8, 4) is 17.1 Å². The van der Waals surface area contributed by atoms with E-state index in [1.54, 1.807) is 12.4 Å². The summed E-state index contributed by atoms with van der Waals surface area (Å²) in [6.45, 7) is 5.75. The molecule has 5 heteroatoms. The van der Waals surface area contributed by atoms with Crippen molar-refractivity contribution in [2.75, 3.05) is 13.1 Å². The maximum absolute atomic E-state index is 5.90. The summed E-state index contributed by atoms with van der Waals surface area (Å²) in [5.41, 5.74) is 1.96. The average molecular weight is 257 g/mol. The Hall–Kier alpha value is -1.88. The van der Waals surface area contributed by atoms with Crippen LogP contribution in [0.3, 0.4) is 0 Å². The van der Waals surface area contributed by atoms with Crippen molar-refractivity contribution in [1.29, 1.82) is 0 Å². The van der Waals surface area contributed by atoms with Crippen LogP contribution >= 0.6 is 0 Å². The monoisotopic (exact) mass is 257 g/mol. The lowest BCUT2D eigenvalue weighted by Gasteiger charge is -2.22. The molecule has 0 bridgehead atoms. The van der Waals surface area contributed by atoms with Crippen LogP contribution in [0.5, 0.6) is 5.88 Å². The van der Waals surface area contributed by atoms with E-state index in [-0.39, 0.29) is 6.23 Å². The highest BCUT2D eigenvalue weighted by Gasteiger charge is 2.24. The smallest absolute Gasteiger partial charge is 0.214 e. The summed E-state index contributed by atoms with van der Waals surface area (Å²) in [7, 11) is 0. The van der Waals surface area contributed by atoms with Crippen LogP contribution in [0.15, 0.2) is 30.6 Å². The predicted molar refractivity (Wildman–Crippen MR) is 72.4 cm³/mol. The molecule has 3 heterocycles. The number of rotatable bonds is 4. The Morgan fingerprint density at radius 1 is 1.42 bits per heavy atom. The van der Waals surface area contributed by atoms with E-state index in [1.165, 1.54) is 0 Å². The van der Waals surface area contributed by atoms with E-state index in [1.807, 2.05) is 18.2 Å². The van der Waals surface area contributed by atoms with Gasteiger partial charge in [0.2, 0.25) is 5.88 Å². The van der Waals surface area contributed by atoms with Crippen LogP contribution in [0.1, 0.15) is 12.8 Å². The summed E-state index contributed by atoms with van der Waals surface area (Å²) in [5.74, 6) is 0.661. The summed E-state index contributed by atoms with van der Waals surface area (Å²) in [6.07, 6.45) is 5.84. The second-order valence-corrected chi connectivity index (χ2v) is 4.61. The van der Waals surface area contributed by atoms with Crippen LogP contribution in [0.25, 0.3) is 11.3 Å². The number of ether oxygens (including phenoxy) is 1. The Morgan fingerprint density at radius 3 is 3.05 bits per heavy atom. The first-order valence-electron chi connectivity index (χ1n) is 6.52. The van der Waals surface area contributed by atoms with Crippen molar-refractivity contribution >= 4 is 0 Å². The van der Waals surface area contributed by atoms with Gasteiger partial charge in [0, 0.05) is 37.1 Å². The highest BCUT2D eigenvalue weighted by Crippen LogP contribution is 2.22. The molecule has 0 aliphatic carbocycles. The van der Waals surface area contributed by atoms with Gasteiger partial charge >= 0.3 is 0 Å². The van der Waals surface area contributed by atoms with Gasteiger partial charge in [-0.25, -0.2) is 4.98 Å². The van der Waals surface area contributed by atoms with Crippen molar-refractivity contribution in [2.24, 2.45) is 0 Å². The Bertz CT molecular complexity index is 509. The molecule has 1 aliphatic rings. The largest absolute Gasteiger partial charge is 0.458 e. The Balaban J connectivity index is 1.69. The van der Waals surface area contributed by atoms with Gasteiger partial charge < -0.3 is 4.74 Å². The fraction of sp³-hybridized carbons (Fsp3) is 0.357. The fourth-order valence-electron chi connectivity index (χ4n) is 2.35. The van der Waals surface area contributed by atoms with Crippen molar-refractivity contribution < 1.29 is 4.74 Å². The maximum Gasteiger partial charge on any atom is 0.214 e.